The van der Waals surface area contributed by atoms with Crippen LogP contribution < -0.4 is 4.74 Å². The van der Waals surface area contributed by atoms with Crippen LogP contribution in [0.1, 0.15) is 12.5 Å². The first-order valence-corrected chi connectivity index (χ1v) is 7.31. The van der Waals surface area contributed by atoms with E-state index in [1.165, 1.54) is 5.56 Å². The Labute approximate surface area is 137 Å². The van der Waals surface area contributed by atoms with Gasteiger partial charge in [0.2, 0.25) is 0 Å². The van der Waals surface area contributed by atoms with Crippen LogP contribution in [0.2, 0.25) is 0 Å². The SMILES string of the molecule is C=C(C)C(=O)OCCOc1ccccc1.C=Cc1ccccc1. The Morgan fingerprint density at radius 3 is 2.04 bits per heavy atom. The quantitative estimate of drug-likeness (QED) is 0.447. The molecule has 0 saturated carbocycles. The number of ether oxygens (including phenoxy) is 2. The molecule has 0 fully saturated rings. The topological polar surface area (TPSA) is 35.5 Å². The zero-order valence-corrected chi connectivity index (χ0v) is 13.4. The van der Waals surface area contributed by atoms with E-state index in [2.05, 4.69) is 13.2 Å². The summed E-state index contributed by atoms with van der Waals surface area (Å²) in [6.45, 7) is 9.31. The van der Waals surface area contributed by atoms with Gasteiger partial charge in [0.25, 0.3) is 0 Å². The van der Waals surface area contributed by atoms with E-state index in [0.29, 0.717) is 12.2 Å². The molecule has 0 aliphatic carbocycles. The van der Waals surface area contributed by atoms with Crippen LogP contribution in [-0.2, 0) is 9.53 Å². The molecule has 0 heterocycles. The van der Waals surface area contributed by atoms with Crippen LogP contribution in [0.3, 0.4) is 0 Å². The summed E-state index contributed by atoms with van der Waals surface area (Å²) in [5.41, 5.74) is 1.57. The van der Waals surface area contributed by atoms with Gasteiger partial charge < -0.3 is 9.47 Å². The molecule has 0 N–H and O–H groups in total. The van der Waals surface area contributed by atoms with Crippen LogP contribution in [0.25, 0.3) is 6.08 Å². The predicted octanol–water partition coefficient (Wildman–Crippen LogP) is 4.51. The van der Waals surface area contributed by atoms with E-state index < -0.39 is 0 Å². The lowest BCUT2D eigenvalue weighted by Gasteiger charge is -2.06. The molecule has 0 aromatic heterocycles. The van der Waals surface area contributed by atoms with Crippen molar-refractivity contribution in [3.05, 3.63) is 85.0 Å². The van der Waals surface area contributed by atoms with Crippen molar-refractivity contribution in [1.29, 1.82) is 0 Å². The van der Waals surface area contributed by atoms with Gasteiger partial charge in [-0.05, 0) is 24.6 Å². The van der Waals surface area contributed by atoms with Crippen LogP contribution in [0.4, 0.5) is 0 Å². The second-order valence-corrected chi connectivity index (χ2v) is 4.69. The van der Waals surface area contributed by atoms with Crippen molar-refractivity contribution in [2.45, 2.75) is 6.92 Å². The maximum atomic E-state index is 11.0. The Morgan fingerprint density at radius 2 is 1.57 bits per heavy atom. The van der Waals surface area contributed by atoms with Gasteiger partial charge in [-0.15, -0.1) is 0 Å². The molecular weight excluding hydrogens is 288 g/mol. The van der Waals surface area contributed by atoms with Crippen molar-refractivity contribution in [1.82, 2.24) is 0 Å². The summed E-state index contributed by atoms with van der Waals surface area (Å²) in [5.74, 6) is 0.385. The number of carbonyl (C=O) groups is 1. The summed E-state index contributed by atoms with van der Waals surface area (Å²) in [7, 11) is 0. The van der Waals surface area contributed by atoms with Crippen LogP contribution in [-0.4, -0.2) is 19.2 Å². The Morgan fingerprint density at radius 1 is 1.00 bits per heavy atom. The van der Waals surface area contributed by atoms with Gasteiger partial charge in [-0.25, -0.2) is 4.79 Å². The molecule has 0 spiro atoms. The lowest BCUT2D eigenvalue weighted by atomic mass is 10.2. The van der Waals surface area contributed by atoms with Crippen molar-refractivity contribution >= 4 is 12.0 Å². The fourth-order valence-corrected chi connectivity index (χ4v) is 1.52. The second-order valence-electron chi connectivity index (χ2n) is 4.69. The van der Waals surface area contributed by atoms with E-state index in [9.17, 15) is 4.79 Å². The summed E-state index contributed by atoms with van der Waals surface area (Å²) >= 11 is 0. The predicted molar refractivity (Wildman–Crippen MR) is 94.2 cm³/mol. The summed E-state index contributed by atoms with van der Waals surface area (Å²) < 4.78 is 10.2. The first-order valence-electron chi connectivity index (χ1n) is 7.31. The molecule has 0 radical (unpaired) electrons. The van der Waals surface area contributed by atoms with Gasteiger partial charge in [0.15, 0.2) is 0 Å². The van der Waals surface area contributed by atoms with Gasteiger partial charge in [0, 0.05) is 5.57 Å². The van der Waals surface area contributed by atoms with Crippen molar-refractivity contribution in [3.63, 3.8) is 0 Å². The molecule has 0 amide bonds. The number of para-hydroxylation sites is 1. The first-order chi connectivity index (χ1) is 11.1. The third-order valence-electron chi connectivity index (χ3n) is 2.71. The molecule has 0 aliphatic heterocycles. The van der Waals surface area contributed by atoms with E-state index in [0.717, 1.165) is 5.75 Å². The maximum absolute atomic E-state index is 11.0. The third kappa shape index (κ3) is 8.27. The number of hydrogen-bond donors (Lipinski definition) is 0. The summed E-state index contributed by atoms with van der Waals surface area (Å²) in [4.78, 5) is 11.0. The molecule has 23 heavy (non-hydrogen) atoms. The summed E-state index contributed by atoms with van der Waals surface area (Å²) in [6, 6.07) is 19.4. The zero-order chi connectivity index (χ0) is 16.9. The molecule has 2 aromatic rings. The lowest BCUT2D eigenvalue weighted by molar-refractivity contribution is -0.139. The molecule has 0 bridgehead atoms. The zero-order valence-electron chi connectivity index (χ0n) is 13.4. The smallest absolute Gasteiger partial charge is 0.333 e. The Balaban J connectivity index is 0.000000277. The molecule has 2 aromatic carbocycles. The van der Waals surface area contributed by atoms with Crippen molar-refractivity contribution < 1.29 is 14.3 Å². The standard InChI is InChI=1S/C12H14O3.C8H8/c1-10(2)12(13)15-9-8-14-11-6-4-3-5-7-11;1-2-8-6-4-3-5-7-8/h3-7H,1,8-9H2,2H3;2-7H,1H2. The largest absolute Gasteiger partial charge is 0.490 e. The molecule has 0 aliphatic rings. The van der Waals surface area contributed by atoms with Crippen LogP contribution >= 0.6 is 0 Å². The van der Waals surface area contributed by atoms with Gasteiger partial charge >= 0.3 is 5.97 Å². The van der Waals surface area contributed by atoms with Crippen molar-refractivity contribution in [2.75, 3.05) is 13.2 Å². The van der Waals surface area contributed by atoms with Crippen LogP contribution in [0.5, 0.6) is 5.75 Å². The average Bonchev–Trinajstić information content (AvgIpc) is 2.60. The molecule has 0 atom stereocenters. The normalized spacial score (nSPS) is 9.09. The maximum Gasteiger partial charge on any atom is 0.333 e. The fraction of sp³-hybridized carbons (Fsp3) is 0.150. The highest BCUT2D eigenvalue weighted by Crippen LogP contribution is 2.07. The lowest BCUT2D eigenvalue weighted by Crippen LogP contribution is -2.12. The number of rotatable bonds is 6. The van der Waals surface area contributed by atoms with Gasteiger partial charge in [0.05, 0.1) is 0 Å². The minimum Gasteiger partial charge on any atom is -0.490 e. The number of benzene rings is 2. The molecule has 2 rings (SSSR count). The molecule has 3 heteroatoms. The van der Waals surface area contributed by atoms with Gasteiger partial charge in [0.1, 0.15) is 19.0 Å². The van der Waals surface area contributed by atoms with Crippen LogP contribution in [0, 0.1) is 0 Å². The molecule has 3 nitrogen and oxygen atoms in total. The second kappa shape index (κ2) is 10.9. The Kier molecular flexibility index (Phi) is 8.61. The minimum absolute atomic E-state index is 0.237. The van der Waals surface area contributed by atoms with Crippen LogP contribution in [0.15, 0.2) is 79.4 Å². The molecule has 0 unspecified atom stereocenters. The van der Waals surface area contributed by atoms with Crippen molar-refractivity contribution in [3.8, 4) is 5.75 Å². The van der Waals surface area contributed by atoms with Gasteiger partial charge in [-0.1, -0.05) is 67.8 Å². The molecule has 120 valence electrons. The average molecular weight is 310 g/mol. The number of hydrogen-bond acceptors (Lipinski definition) is 3. The molecular formula is C20H22O3. The Bertz CT molecular complexity index is 603. The number of esters is 1. The van der Waals surface area contributed by atoms with Crippen molar-refractivity contribution in [2.24, 2.45) is 0 Å². The highest BCUT2D eigenvalue weighted by molar-refractivity contribution is 5.86. The summed E-state index contributed by atoms with van der Waals surface area (Å²) in [5, 5.41) is 0. The summed E-state index contributed by atoms with van der Waals surface area (Å²) in [6.07, 6.45) is 1.83. The van der Waals surface area contributed by atoms with E-state index in [-0.39, 0.29) is 12.6 Å². The first kappa shape index (κ1) is 18.2. The minimum atomic E-state index is -0.383. The monoisotopic (exact) mass is 310 g/mol. The third-order valence-corrected chi connectivity index (χ3v) is 2.71. The van der Waals surface area contributed by atoms with Gasteiger partial charge in [-0.2, -0.15) is 0 Å². The number of carbonyl (C=O) groups excluding carboxylic acids is 1. The highest BCUT2D eigenvalue weighted by Gasteiger charge is 2.01. The molecule has 0 saturated heterocycles. The van der Waals surface area contributed by atoms with E-state index in [4.69, 9.17) is 9.47 Å². The van der Waals surface area contributed by atoms with E-state index >= 15 is 0 Å². The van der Waals surface area contributed by atoms with E-state index in [1.807, 2.05) is 66.7 Å². The van der Waals surface area contributed by atoms with E-state index in [1.54, 1.807) is 6.92 Å². The Hall–Kier alpha value is -2.81. The highest BCUT2D eigenvalue weighted by atomic mass is 16.6. The van der Waals surface area contributed by atoms with Gasteiger partial charge in [-0.3, -0.25) is 0 Å². The fourth-order valence-electron chi connectivity index (χ4n) is 1.52.